The van der Waals surface area contributed by atoms with Crippen LogP contribution < -0.4 is 0 Å². The lowest BCUT2D eigenvalue weighted by Crippen LogP contribution is -2.21. The predicted octanol–water partition coefficient (Wildman–Crippen LogP) is 1.71. The van der Waals surface area contributed by atoms with E-state index in [1.165, 1.54) is 0 Å². The highest BCUT2D eigenvalue weighted by Gasteiger charge is 2.23. The third kappa shape index (κ3) is 1.87. The normalized spacial score (nSPS) is 11.2. The Balaban J connectivity index is 2.94. The molecule has 64 valence electrons. The third-order valence-electron chi connectivity index (χ3n) is 1.49. The zero-order valence-corrected chi connectivity index (χ0v) is 7.53. The standard InChI is InChI=1S/C9H12N2O/c1-9(2,3)8(12)7-5-4-6-10-11-7/h4-6H,1-3H3. The molecule has 3 heteroatoms. The van der Waals surface area contributed by atoms with Crippen LogP contribution in [-0.2, 0) is 0 Å². The van der Waals surface area contributed by atoms with Crippen LogP contribution in [-0.4, -0.2) is 16.0 Å². The van der Waals surface area contributed by atoms with Crippen LogP contribution in [0.4, 0.5) is 0 Å². The summed E-state index contributed by atoms with van der Waals surface area (Å²) in [6.45, 7) is 5.60. The summed E-state index contributed by atoms with van der Waals surface area (Å²) in [5.41, 5.74) is 0.0563. The molecule has 0 saturated heterocycles. The second kappa shape index (κ2) is 3.01. The summed E-state index contributed by atoms with van der Waals surface area (Å²) in [5, 5.41) is 7.39. The van der Waals surface area contributed by atoms with Crippen molar-refractivity contribution in [2.75, 3.05) is 0 Å². The van der Waals surface area contributed by atoms with Crippen molar-refractivity contribution in [3.63, 3.8) is 0 Å². The van der Waals surface area contributed by atoms with Gasteiger partial charge in [0.05, 0.1) is 0 Å². The second-order valence-electron chi connectivity index (χ2n) is 3.69. The minimum absolute atomic E-state index is 0.0237. The first-order valence-electron chi connectivity index (χ1n) is 3.84. The average molecular weight is 164 g/mol. The zero-order chi connectivity index (χ0) is 9.19. The van der Waals surface area contributed by atoms with Crippen molar-refractivity contribution in [3.05, 3.63) is 24.0 Å². The number of carbonyl (C=O) groups is 1. The summed E-state index contributed by atoms with van der Waals surface area (Å²) in [6.07, 6.45) is 1.56. The van der Waals surface area contributed by atoms with Crippen molar-refractivity contribution in [2.45, 2.75) is 20.8 Å². The molecule has 0 aliphatic rings. The molecular weight excluding hydrogens is 152 g/mol. The molecule has 0 amide bonds. The quantitative estimate of drug-likeness (QED) is 0.593. The first-order valence-corrected chi connectivity index (χ1v) is 3.84. The van der Waals surface area contributed by atoms with Crippen molar-refractivity contribution in [1.82, 2.24) is 10.2 Å². The van der Waals surface area contributed by atoms with Crippen molar-refractivity contribution in [2.24, 2.45) is 5.41 Å². The fourth-order valence-electron chi connectivity index (χ4n) is 0.807. The van der Waals surface area contributed by atoms with Gasteiger partial charge in [-0.05, 0) is 12.1 Å². The van der Waals surface area contributed by atoms with E-state index in [0.717, 1.165) is 0 Å². The maximum atomic E-state index is 11.6. The number of ketones is 1. The zero-order valence-electron chi connectivity index (χ0n) is 7.53. The minimum Gasteiger partial charge on any atom is -0.292 e. The van der Waals surface area contributed by atoms with Gasteiger partial charge >= 0.3 is 0 Å². The van der Waals surface area contributed by atoms with Gasteiger partial charge in [-0.2, -0.15) is 5.10 Å². The number of hydrogen-bond acceptors (Lipinski definition) is 3. The molecule has 0 N–H and O–H groups in total. The molecule has 0 fully saturated rings. The van der Waals surface area contributed by atoms with Gasteiger partial charge in [0.15, 0.2) is 5.78 Å². The molecule has 0 atom stereocenters. The van der Waals surface area contributed by atoms with Gasteiger partial charge in [0.2, 0.25) is 0 Å². The lowest BCUT2D eigenvalue weighted by atomic mass is 9.89. The van der Waals surface area contributed by atoms with Crippen molar-refractivity contribution in [1.29, 1.82) is 0 Å². The molecule has 0 radical (unpaired) electrons. The molecule has 0 bridgehead atoms. The van der Waals surface area contributed by atoms with Crippen molar-refractivity contribution in [3.8, 4) is 0 Å². The van der Waals surface area contributed by atoms with Gasteiger partial charge in [-0.25, -0.2) is 0 Å². The number of carbonyl (C=O) groups excluding carboxylic acids is 1. The van der Waals surface area contributed by atoms with Crippen LogP contribution in [0.2, 0.25) is 0 Å². The molecular formula is C9H12N2O. The number of rotatable bonds is 1. The molecule has 1 aromatic heterocycles. The second-order valence-corrected chi connectivity index (χ2v) is 3.69. The maximum Gasteiger partial charge on any atom is 0.188 e. The van der Waals surface area contributed by atoms with Gasteiger partial charge in [0.25, 0.3) is 0 Å². The molecule has 1 heterocycles. The number of hydrogen-bond donors (Lipinski definition) is 0. The van der Waals surface area contributed by atoms with Gasteiger partial charge in [-0.3, -0.25) is 4.79 Å². The predicted molar refractivity (Wildman–Crippen MR) is 45.8 cm³/mol. The van der Waals surface area contributed by atoms with Crippen molar-refractivity contribution < 1.29 is 4.79 Å². The summed E-state index contributed by atoms with van der Waals surface area (Å²) < 4.78 is 0. The largest absolute Gasteiger partial charge is 0.292 e. The molecule has 12 heavy (non-hydrogen) atoms. The topological polar surface area (TPSA) is 42.9 Å². The van der Waals surface area contributed by atoms with E-state index < -0.39 is 0 Å². The van der Waals surface area contributed by atoms with E-state index in [9.17, 15) is 4.79 Å². The van der Waals surface area contributed by atoms with E-state index in [4.69, 9.17) is 0 Å². The molecule has 0 spiro atoms. The lowest BCUT2D eigenvalue weighted by molar-refractivity contribution is 0.0852. The Morgan fingerprint density at radius 3 is 2.50 bits per heavy atom. The van der Waals surface area contributed by atoms with E-state index in [-0.39, 0.29) is 11.2 Å². The fourth-order valence-corrected chi connectivity index (χ4v) is 0.807. The van der Waals surface area contributed by atoms with Crippen LogP contribution >= 0.6 is 0 Å². The summed E-state index contributed by atoms with van der Waals surface area (Å²) >= 11 is 0. The Kier molecular flexibility index (Phi) is 2.22. The monoisotopic (exact) mass is 164 g/mol. The summed E-state index contributed by atoms with van der Waals surface area (Å²) in [4.78, 5) is 11.6. The van der Waals surface area contributed by atoms with Crippen LogP contribution in [0.1, 0.15) is 31.3 Å². The number of nitrogens with zero attached hydrogens (tertiary/aromatic N) is 2. The Morgan fingerprint density at radius 2 is 2.08 bits per heavy atom. The summed E-state index contributed by atoms with van der Waals surface area (Å²) in [5.74, 6) is 0.0237. The van der Waals surface area contributed by atoms with Crippen molar-refractivity contribution >= 4 is 5.78 Å². The van der Waals surface area contributed by atoms with Gasteiger partial charge in [0, 0.05) is 11.6 Å². The van der Waals surface area contributed by atoms with Crippen LogP contribution in [0.25, 0.3) is 0 Å². The fraction of sp³-hybridized carbons (Fsp3) is 0.444. The number of aromatic nitrogens is 2. The smallest absolute Gasteiger partial charge is 0.188 e. The van der Waals surface area contributed by atoms with Gasteiger partial charge in [-0.1, -0.05) is 20.8 Å². The van der Waals surface area contributed by atoms with Gasteiger partial charge in [-0.15, -0.1) is 5.10 Å². The molecule has 0 unspecified atom stereocenters. The SMILES string of the molecule is CC(C)(C)C(=O)c1cccnn1. The molecule has 0 aromatic carbocycles. The Hall–Kier alpha value is -1.25. The maximum absolute atomic E-state index is 11.6. The average Bonchev–Trinajstić information content (AvgIpc) is 2.03. The van der Waals surface area contributed by atoms with E-state index in [1.54, 1.807) is 18.3 Å². The Labute approximate surface area is 71.8 Å². The highest BCUT2D eigenvalue weighted by molar-refractivity contribution is 5.97. The molecule has 1 rings (SSSR count). The summed E-state index contributed by atoms with van der Waals surface area (Å²) in [7, 11) is 0. The highest BCUT2D eigenvalue weighted by Crippen LogP contribution is 2.18. The molecule has 0 saturated carbocycles. The van der Waals surface area contributed by atoms with Crippen LogP contribution in [0.5, 0.6) is 0 Å². The van der Waals surface area contributed by atoms with Gasteiger partial charge in [0.1, 0.15) is 5.69 Å². The molecule has 1 aromatic rings. The van der Waals surface area contributed by atoms with E-state index in [2.05, 4.69) is 10.2 Å². The van der Waals surface area contributed by atoms with E-state index in [1.807, 2.05) is 20.8 Å². The van der Waals surface area contributed by atoms with E-state index in [0.29, 0.717) is 5.69 Å². The summed E-state index contributed by atoms with van der Waals surface area (Å²) in [6, 6.07) is 3.40. The first-order chi connectivity index (χ1) is 5.52. The molecule has 0 aliphatic carbocycles. The Bertz CT molecular complexity index is 274. The Morgan fingerprint density at radius 1 is 1.42 bits per heavy atom. The lowest BCUT2D eigenvalue weighted by Gasteiger charge is -2.14. The van der Waals surface area contributed by atoms with Crippen LogP contribution in [0.3, 0.4) is 0 Å². The van der Waals surface area contributed by atoms with Gasteiger partial charge < -0.3 is 0 Å². The number of Topliss-reactive ketones (excluding diaryl/α,β-unsaturated/α-hetero) is 1. The first kappa shape index (κ1) is 8.84. The van der Waals surface area contributed by atoms with Crippen LogP contribution in [0, 0.1) is 5.41 Å². The van der Waals surface area contributed by atoms with Crippen LogP contribution in [0.15, 0.2) is 18.3 Å². The molecule has 3 nitrogen and oxygen atoms in total. The highest BCUT2D eigenvalue weighted by atomic mass is 16.1. The minimum atomic E-state index is -0.379. The third-order valence-corrected chi connectivity index (χ3v) is 1.49. The van der Waals surface area contributed by atoms with E-state index >= 15 is 0 Å². The molecule has 0 aliphatic heterocycles.